The Hall–Kier alpha value is -1.56. The zero-order valence-electron chi connectivity index (χ0n) is 10.5. The van der Waals surface area contributed by atoms with Crippen LogP contribution in [0.3, 0.4) is 0 Å². The molecule has 0 saturated heterocycles. The lowest BCUT2D eigenvalue weighted by Gasteiger charge is -2.07. The third-order valence-corrected chi connectivity index (χ3v) is 4.01. The van der Waals surface area contributed by atoms with Gasteiger partial charge >= 0.3 is 0 Å². The molecular weight excluding hydrogens is 300 g/mol. The van der Waals surface area contributed by atoms with Gasteiger partial charge in [-0.1, -0.05) is 29.8 Å². The molecule has 0 atom stereocenters. The highest BCUT2D eigenvalue weighted by Gasteiger charge is 2.13. The second-order valence-electron chi connectivity index (χ2n) is 3.89. The minimum atomic E-state index is -3.72. The first-order valence-corrected chi connectivity index (χ1v) is 7.69. The molecule has 0 bridgehead atoms. The van der Waals surface area contributed by atoms with Gasteiger partial charge in [-0.3, -0.25) is 4.18 Å². The number of hydrogen-bond acceptors (Lipinski definition) is 4. The Morgan fingerprint density at radius 2 is 1.55 bits per heavy atom. The Morgan fingerprint density at radius 1 is 0.900 bits per heavy atom. The van der Waals surface area contributed by atoms with Gasteiger partial charge in [0, 0.05) is 5.02 Å². The Balaban J connectivity index is 1.83. The van der Waals surface area contributed by atoms with Gasteiger partial charge in [-0.15, -0.1) is 0 Å². The summed E-state index contributed by atoms with van der Waals surface area (Å²) in [7, 11) is -3.72. The molecule has 4 nitrogen and oxygen atoms in total. The molecule has 0 unspecified atom stereocenters. The van der Waals surface area contributed by atoms with Gasteiger partial charge in [0.25, 0.3) is 10.1 Å². The highest BCUT2D eigenvalue weighted by molar-refractivity contribution is 7.86. The van der Waals surface area contributed by atoms with Crippen LogP contribution >= 0.6 is 11.6 Å². The van der Waals surface area contributed by atoms with Crippen LogP contribution in [-0.2, 0) is 14.3 Å². The van der Waals surface area contributed by atoms with Crippen LogP contribution in [-0.4, -0.2) is 21.6 Å². The molecule has 0 amide bonds. The summed E-state index contributed by atoms with van der Waals surface area (Å²) in [5.74, 6) is 0.607. The largest absolute Gasteiger partial charge is 0.491 e. The molecule has 0 heterocycles. The normalized spacial score (nSPS) is 11.2. The molecule has 2 aromatic rings. The summed E-state index contributed by atoms with van der Waals surface area (Å²) >= 11 is 5.74. The molecule has 0 spiro atoms. The number of benzene rings is 2. The molecule has 106 valence electrons. The average Bonchev–Trinajstić information content (AvgIpc) is 2.46. The van der Waals surface area contributed by atoms with Crippen molar-refractivity contribution < 1.29 is 17.3 Å². The van der Waals surface area contributed by atoms with Crippen molar-refractivity contribution in [3.63, 3.8) is 0 Å². The minimum Gasteiger partial charge on any atom is -0.491 e. The maximum atomic E-state index is 11.8. The topological polar surface area (TPSA) is 52.6 Å². The fraction of sp³-hybridized carbons (Fsp3) is 0.143. The van der Waals surface area contributed by atoms with Crippen LogP contribution in [0.25, 0.3) is 0 Å². The molecule has 2 aromatic carbocycles. The Bertz CT molecular complexity index is 639. The predicted octanol–water partition coefficient (Wildman–Crippen LogP) is 3.12. The molecule has 20 heavy (non-hydrogen) atoms. The van der Waals surface area contributed by atoms with E-state index in [-0.39, 0.29) is 18.1 Å². The summed E-state index contributed by atoms with van der Waals surface area (Å²) in [4.78, 5) is 0.131. The van der Waals surface area contributed by atoms with E-state index in [1.165, 1.54) is 12.1 Å². The van der Waals surface area contributed by atoms with Crippen LogP contribution in [0.15, 0.2) is 59.5 Å². The van der Waals surface area contributed by atoms with E-state index < -0.39 is 10.1 Å². The molecule has 0 N–H and O–H groups in total. The minimum absolute atomic E-state index is 0.0557. The van der Waals surface area contributed by atoms with Crippen molar-refractivity contribution in [3.05, 3.63) is 59.6 Å². The van der Waals surface area contributed by atoms with Crippen molar-refractivity contribution >= 4 is 21.7 Å². The van der Waals surface area contributed by atoms with Crippen LogP contribution in [0.5, 0.6) is 5.75 Å². The summed E-state index contributed by atoms with van der Waals surface area (Å²) in [6.45, 7) is 0.0769. The first kappa shape index (κ1) is 14.8. The van der Waals surface area contributed by atoms with Gasteiger partial charge in [0.15, 0.2) is 0 Å². The fourth-order valence-corrected chi connectivity index (χ4v) is 2.53. The number of halogens is 1. The highest BCUT2D eigenvalue weighted by Crippen LogP contribution is 2.16. The number of rotatable bonds is 6. The summed E-state index contributed by atoms with van der Waals surface area (Å²) in [6.07, 6.45) is 0. The fourth-order valence-electron chi connectivity index (χ4n) is 1.49. The van der Waals surface area contributed by atoms with Gasteiger partial charge in [-0.25, -0.2) is 0 Å². The number of hydrogen-bond donors (Lipinski definition) is 0. The van der Waals surface area contributed by atoms with E-state index in [9.17, 15) is 8.42 Å². The molecule has 6 heteroatoms. The smallest absolute Gasteiger partial charge is 0.297 e. The zero-order valence-corrected chi connectivity index (χ0v) is 12.1. The first-order chi connectivity index (χ1) is 9.58. The predicted molar refractivity (Wildman–Crippen MR) is 76.5 cm³/mol. The van der Waals surface area contributed by atoms with Crippen LogP contribution < -0.4 is 4.74 Å². The van der Waals surface area contributed by atoms with Gasteiger partial charge in [-0.05, 0) is 36.4 Å². The Morgan fingerprint density at radius 3 is 2.20 bits per heavy atom. The molecule has 0 aliphatic heterocycles. The van der Waals surface area contributed by atoms with E-state index in [1.54, 1.807) is 42.5 Å². The van der Waals surface area contributed by atoms with Crippen molar-refractivity contribution in [1.29, 1.82) is 0 Å². The van der Waals surface area contributed by atoms with Gasteiger partial charge in [0.1, 0.15) is 19.0 Å². The molecule has 0 radical (unpaired) electrons. The molecule has 2 rings (SSSR count). The lowest BCUT2D eigenvalue weighted by molar-refractivity contribution is 0.221. The van der Waals surface area contributed by atoms with Gasteiger partial charge in [-0.2, -0.15) is 8.42 Å². The maximum absolute atomic E-state index is 11.8. The summed E-state index contributed by atoms with van der Waals surface area (Å²) in [6, 6.07) is 14.8. The van der Waals surface area contributed by atoms with E-state index in [0.29, 0.717) is 10.8 Å². The van der Waals surface area contributed by atoms with E-state index in [1.807, 2.05) is 0 Å². The monoisotopic (exact) mass is 312 g/mol. The quantitative estimate of drug-likeness (QED) is 0.607. The van der Waals surface area contributed by atoms with E-state index in [4.69, 9.17) is 20.5 Å². The first-order valence-electron chi connectivity index (χ1n) is 5.91. The van der Waals surface area contributed by atoms with E-state index in [2.05, 4.69) is 0 Å². The molecule has 0 aliphatic carbocycles. The SMILES string of the molecule is O=S(=O)(OCCOc1ccc(Cl)cc1)c1ccccc1. The van der Waals surface area contributed by atoms with Crippen LogP contribution in [0, 0.1) is 0 Å². The van der Waals surface area contributed by atoms with Gasteiger partial charge in [0.05, 0.1) is 4.90 Å². The molecule has 0 aromatic heterocycles. The van der Waals surface area contributed by atoms with Crippen molar-refractivity contribution in [2.24, 2.45) is 0 Å². The second-order valence-corrected chi connectivity index (χ2v) is 5.94. The van der Waals surface area contributed by atoms with Crippen molar-refractivity contribution in [1.82, 2.24) is 0 Å². The Labute approximate surface area is 123 Å². The lowest BCUT2D eigenvalue weighted by Crippen LogP contribution is -2.12. The highest BCUT2D eigenvalue weighted by atomic mass is 35.5. The maximum Gasteiger partial charge on any atom is 0.297 e. The van der Waals surface area contributed by atoms with Crippen LogP contribution in [0.4, 0.5) is 0 Å². The molecule has 0 saturated carbocycles. The van der Waals surface area contributed by atoms with Crippen molar-refractivity contribution in [2.45, 2.75) is 4.90 Å². The summed E-state index contributed by atoms with van der Waals surface area (Å²) in [5.41, 5.74) is 0. The zero-order chi connectivity index (χ0) is 14.4. The lowest BCUT2D eigenvalue weighted by atomic mass is 10.3. The van der Waals surface area contributed by atoms with Crippen molar-refractivity contribution in [2.75, 3.05) is 13.2 Å². The molecular formula is C14H13ClO4S. The van der Waals surface area contributed by atoms with Gasteiger partial charge < -0.3 is 4.74 Å². The van der Waals surface area contributed by atoms with E-state index in [0.717, 1.165) is 0 Å². The Kier molecular flexibility index (Phi) is 5.00. The van der Waals surface area contributed by atoms with Gasteiger partial charge in [0.2, 0.25) is 0 Å². The summed E-state index contributed by atoms with van der Waals surface area (Å²) in [5, 5.41) is 0.611. The van der Waals surface area contributed by atoms with Crippen LogP contribution in [0.2, 0.25) is 5.02 Å². The van der Waals surface area contributed by atoms with E-state index >= 15 is 0 Å². The van der Waals surface area contributed by atoms with Crippen molar-refractivity contribution in [3.8, 4) is 5.75 Å². The van der Waals surface area contributed by atoms with Crippen LogP contribution in [0.1, 0.15) is 0 Å². The second kappa shape index (κ2) is 6.74. The molecule has 0 aliphatic rings. The standard InChI is InChI=1S/C14H13ClO4S/c15-12-6-8-13(9-7-12)18-10-11-19-20(16,17)14-4-2-1-3-5-14/h1-9H,10-11H2. The average molecular weight is 313 g/mol. The number of ether oxygens (including phenoxy) is 1. The third-order valence-electron chi connectivity index (χ3n) is 2.44. The molecule has 0 fully saturated rings. The summed E-state index contributed by atoms with van der Waals surface area (Å²) < 4.78 is 33.8. The third kappa shape index (κ3) is 4.23.